The van der Waals surface area contributed by atoms with Crippen molar-refractivity contribution in [3.05, 3.63) is 72.1 Å². The molecular weight excluding hydrogens is 408 g/mol. The van der Waals surface area contributed by atoms with E-state index < -0.39 is 11.9 Å². The summed E-state index contributed by atoms with van der Waals surface area (Å²) in [5.41, 5.74) is 3.86. The molecule has 0 radical (unpaired) electrons. The monoisotopic (exact) mass is 432 g/mol. The average Bonchev–Trinajstić information content (AvgIpc) is 2.83. The molecule has 0 atom stereocenters. The summed E-state index contributed by atoms with van der Waals surface area (Å²) < 4.78 is 10.4. The summed E-state index contributed by atoms with van der Waals surface area (Å²) >= 11 is 0. The van der Waals surface area contributed by atoms with E-state index >= 15 is 0 Å². The first kappa shape index (κ1) is 21.6. The number of carbonyl (C=O) groups is 2. The summed E-state index contributed by atoms with van der Waals surface area (Å²) in [6, 6.07) is 15.1. The number of carbonyl (C=O) groups excluding carboxylic acids is 2. The van der Waals surface area contributed by atoms with E-state index in [1.54, 1.807) is 6.20 Å². The fraction of sp³-hybridized carbons (Fsp3) is 0.250. The van der Waals surface area contributed by atoms with E-state index in [4.69, 9.17) is 9.47 Å². The molecule has 1 saturated heterocycles. The Labute approximate surface area is 185 Å². The van der Waals surface area contributed by atoms with Crippen molar-refractivity contribution in [2.75, 3.05) is 38.2 Å². The molecule has 2 aromatic carbocycles. The first-order chi connectivity index (χ1) is 15.7. The molecule has 1 aromatic heterocycles. The maximum Gasteiger partial charge on any atom is 0.331 e. The Morgan fingerprint density at radius 1 is 1.06 bits per heavy atom. The number of rotatable bonds is 7. The molecule has 164 valence electrons. The Morgan fingerprint density at radius 2 is 1.81 bits per heavy atom. The molecule has 0 spiro atoms. The minimum absolute atomic E-state index is 0.373. The van der Waals surface area contributed by atoms with Gasteiger partial charge in [-0.25, -0.2) is 9.78 Å². The van der Waals surface area contributed by atoms with Crippen LogP contribution in [0.3, 0.4) is 0 Å². The zero-order valence-corrected chi connectivity index (χ0v) is 17.6. The lowest BCUT2D eigenvalue weighted by Gasteiger charge is -2.26. The van der Waals surface area contributed by atoms with E-state index in [1.807, 2.05) is 48.5 Å². The summed E-state index contributed by atoms with van der Waals surface area (Å²) in [4.78, 5) is 35.0. The van der Waals surface area contributed by atoms with Crippen LogP contribution in [0.25, 0.3) is 17.1 Å². The van der Waals surface area contributed by atoms with Crippen molar-refractivity contribution >= 4 is 34.7 Å². The van der Waals surface area contributed by atoms with E-state index in [0.29, 0.717) is 11.4 Å². The predicted octanol–water partition coefficient (Wildman–Crippen LogP) is 2.66. The van der Waals surface area contributed by atoms with Crippen LogP contribution in [0.2, 0.25) is 0 Å². The highest BCUT2D eigenvalue weighted by molar-refractivity contribution is 5.94. The van der Waals surface area contributed by atoms with E-state index in [2.05, 4.69) is 20.2 Å². The number of amides is 1. The number of para-hydroxylation sites is 2. The van der Waals surface area contributed by atoms with Gasteiger partial charge >= 0.3 is 5.97 Å². The van der Waals surface area contributed by atoms with Crippen LogP contribution >= 0.6 is 0 Å². The van der Waals surface area contributed by atoms with Crippen LogP contribution in [-0.4, -0.2) is 59.7 Å². The minimum atomic E-state index is -0.629. The number of ether oxygens (including phenoxy) is 2. The van der Waals surface area contributed by atoms with Crippen LogP contribution in [0.4, 0.5) is 5.69 Å². The molecule has 2 heterocycles. The van der Waals surface area contributed by atoms with E-state index in [1.165, 1.54) is 17.7 Å². The predicted molar refractivity (Wildman–Crippen MR) is 121 cm³/mol. The molecule has 1 fully saturated rings. The number of anilines is 1. The fourth-order valence-corrected chi connectivity index (χ4v) is 3.30. The molecule has 4 rings (SSSR count). The lowest BCUT2D eigenvalue weighted by Crippen LogP contribution is -2.35. The second kappa shape index (κ2) is 10.6. The van der Waals surface area contributed by atoms with Gasteiger partial charge in [0.15, 0.2) is 6.61 Å². The van der Waals surface area contributed by atoms with Gasteiger partial charge in [0.2, 0.25) is 0 Å². The van der Waals surface area contributed by atoms with Gasteiger partial charge < -0.3 is 14.8 Å². The smallest absolute Gasteiger partial charge is 0.331 e. The standard InChI is InChI=1S/C24H24N4O4/c29-23(27-19-7-5-18(6-8-19)16-28-11-13-31-14-12-28)17-32-24(30)10-9-20-15-25-21-3-1-2-4-22(21)26-20/h1-10,15H,11-14,16-17H2,(H,27,29)/b10-9+. The maximum absolute atomic E-state index is 12.1. The third-order valence-corrected chi connectivity index (χ3v) is 4.95. The molecule has 1 N–H and O–H groups in total. The second-order valence-corrected chi connectivity index (χ2v) is 7.36. The van der Waals surface area contributed by atoms with Crippen LogP contribution in [0, 0.1) is 0 Å². The van der Waals surface area contributed by atoms with Crippen LogP contribution < -0.4 is 5.32 Å². The number of fused-ring (bicyclic) bond motifs is 1. The zero-order chi connectivity index (χ0) is 22.2. The number of hydrogen-bond donors (Lipinski definition) is 1. The Hall–Kier alpha value is -3.62. The molecule has 0 unspecified atom stereocenters. The van der Waals surface area contributed by atoms with Gasteiger partial charge in [-0.2, -0.15) is 0 Å². The molecule has 1 aliphatic heterocycles. The molecule has 8 heteroatoms. The molecule has 0 aliphatic carbocycles. The summed E-state index contributed by atoms with van der Waals surface area (Å²) in [5.74, 6) is -1.03. The maximum atomic E-state index is 12.1. The van der Waals surface area contributed by atoms with Crippen molar-refractivity contribution in [1.82, 2.24) is 14.9 Å². The normalized spacial score (nSPS) is 14.5. The van der Waals surface area contributed by atoms with Crippen molar-refractivity contribution < 1.29 is 19.1 Å². The number of nitrogens with one attached hydrogen (secondary N) is 1. The topological polar surface area (TPSA) is 93.7 Å². The molecule has 1 aliphatic rings. The highest BCUT2D eigenvalue weighted by Gasteiger charge is 2.11. The van der Waals surface area contributed by atoms with Gasteiger partial charge in [0.05, 0.1) is 36.1 Å². The quantitative estimate of drug-likeness (QED) is 0.453. The van der Waals surface area contributed by atoms with Gasteiger partial charge in [-0.3, -0.25) is 14.7 Å². The second-order valence-electron chi connectivity index (χ2n) is 7.36. The number of hydrogen-bond acceptors (Lipinski definition) is 7. The molecule has 32 heavy (non-hydrogen) atoms. The molecule has 3 aromatic rings. The van der Waals surface area contributed by atoms with E-state index in [0.717, 1.165) is 43.9 Å². The number of esters is 1. The van der Waals surface area contributed by atoms with Crippen LogP contribution in [-0.2, 0) is 25.6 Å². The van der Waals surface area contributed by atoms with Crippen molar-refractivity contribution in [1.29, 1.82) is 0 Å². The number of nitrogens with zero attached hydrogens (tertiary/aromatic N) is 3. The van der Waals surface area contributed by atoms with Gasteiger partial charge in [-0.1, -0.05) is 24.3 Å². The first-order valence-corrected chi connectivity index (χ1v) is 10.4. The molecular formula is C24H24N4O4. The summed E-state index contributed by atoms with van der Waals surface area (Å²) in [6.45, 7) is 3.85. The fourth-order valence-electron chi connectivity index (χ4n) is 3.30. The molecule has 0 bridgehead atoms. The number of benzene rings is 2. The van der Waals surface area contributed by atoms with E-state index in [9.17, 15) is 9.59 Å². The highest BCUT2D eigenvalue weighted by Crippen LogP contribution is 2.13. The van der Waals surface area contributed by atoms with Gasteiger partial charge in [-0.15, -0.1) is 0 Å². The van der Waals surface area contributed by atoms with Crippen LogP contribution in [0.1, 0.15) is 11.3 Å². The molecule has 8 nitrogen and oxygen atoms in total. The Balaban J connectivity index is 1.22. The minimum Gasteiger partial charge on any atom is -0.452 e. The Bertz CT molecular complexity index is 1110. The van der Waals surface area contributed by atoms with Crippen molar-refractivity contribution in [2.45, 2.75) is 6.54 Å². The molecule has 0 saturated carbocycles. The van der Waals surface area contributed by atoms with Crippen molar-refractivity contribution in [3.8, 4) is 0 Å². The number of morpholine rings is 1. The number of aromatic nitrogens is 2. The lowest BCUT2D eigenvalue weighted by atomic mass is 10.2. The summed E-state index contributed by atoms with van der Waals surface area (Å²) in [5, 5.41) is 2.73. The zero-order valence-electron chi connectivity index (χ0n) is 17.6. The van der Waals surface area contributed by atoms with Crippen molar-refractivity contribution in [2.24, 2.45) is 0 Å². The van der Waals surface area contributed by atoms with Gasteiger partial charge in [0.25, 0.3) is 5.91 Å². The summed E-state index contributed by atoms with van der Waals surface area (Å²) in [6.07, 6.45) is 4.31. The molecule has 1 amide bonds. The van der Waals surface area contributed by atoms with Gasteiger partial charge in [-0.05, 0) is 35.9 Å². The highest BCUT2D eigenvalue weighted by atomic mass is 16.5. The van der Waals surface area contributed by atoms with Crippen LogP contribution in [0.15, 0.2) is 60.8 Å². The SMILES string of the molecule is O=C(COC(=O)/C=C/c1cnc2ccccc2n1)Nc1ccc(CN2CCOCC2)cc1. The Kier molecular flexibility index (Phi) is 7.16. The summed E-state index contributed by atoms with van der Waals surface area (Å²) in [7, 11) is 0. The largest absolute Gasteiger partial charge is 0.452 e. The van der Waals surface area contributed by atoms with Crippen LogP contribution in [0.5, 0.6) is 0 Å². The Morgan fingerprint density at radius 3 is 2.59 bits per heavy atom. The van der Waals surface area contributed by atoms with E-state index in [-0.39, 0.29) is 6.61 Å². The van der Waals surface area contributed by atoms with Gasteiger partial charge in [0.1, 0.15) is 0 Å². The third-order valence-electron chi connectivity index (χ3n) is 4.95. The third kappa shape index (κ3) is 6.19. The average molecular weight is 432 g/mol. The first-order valence-electron chi connectivity index (χ1n) is 10.4. The van der Waals surface area contributed by atoms with Gasteiger partial charge in [0, 0.05) is 31.4 Å². The lowest BCUT2D eigenvalue weighted by molar-refractivity contribution is -0.142. The van der Waals surface area contributed by atoms with Crippen molar-refractivity contribution in [3.63, 3.8) is 0 Å².